The molecule has 0 unspecified atom stereocenters. The second-order valence-electron chi connectivity index (χ2n) is 3.97. The third-order valence-corrected chi connectivity index (χ3v) is 2.98. The molecule has 0 spiro atoms. The maximum absolute atomic E-state index is 13.7. The van der Waals surface area contributed by atoms with Gasteiger partial charge in [-0.25, -0.2) is 10.2 Å². The normalized spacial score (nSPS) is 10.2. The zero-order valence-electron chi connectivity index (χ0n) is 10.4. The molecule has 0 saturated heterocycles. The number of hydrazine groups is 1. The Morgan fingerprint density at radius 3 is 2.75 bits per heavy atom. The molecule has 3 N–H and O–H groups in total. The molecule has 2 rings (SSSR count). The fourth-order valence-corrected chi connectivity index (χ4v) is 1.86. The Balaban J connectivity index is 2.19. The van der Waals surface area contributed by atoms with Crippen molar-refractivity contribution in [3.05, 3.63) is 64.4 Å². The topological polar surface area (TPSA) is 64.3 Å². The number of amides is 1. The van der Waals surface area contributed by atoms with Crippen LogP contribution in [0, 0.1) is 5.82 Å². The SMILES string of the molecule is NNC(=O)c1ccccc1COc1cccc(Cl)c1F. The smallest absolute Gasteiger partial charge is 0.265 e. The summed E-state index contributed by atoms with van der Waals surface area (Å²) in [6.07, 6.45) is 0. The van der Waals surface area contributed by atoms with Gasteiger partial charge in [0.15, 0.2) is 11.6 Å². The van der Waals surface area contributed by atoms with Gasteiger partial charge < -0.3 is 4.74 Å². The molecule has 4 nitrogen and oxygen atoms in total. The maximum atomic E-state index is 13.7. The van der Waals surface area contributed by atoms with Crippen LogP contribution in [-0.2, 0) is 6.61 Å². The Kier molecular flexibility index (Phi) is 4.55. The van der Waals surface area contributed by atoms with E-state index in [-0.39, 0.29) is 17.4 Å². The van der Waals surface area contributed by atoms with Crippen LogP contribution in [0.25, 0.3) is 0 Å². The van der Waals surface area contributed by atoms with E-state index in [4.69, 9.17) is 22.2 Å². The predicted octanol–water partition coefficient (Wildman–Crippen LogP) is 2.66. The average Bonchev–Trinajstić information content (AvgIpc) is 2.48. The molecule has 104 valence electrons. The third kappa shape index (κ3) is 3.07. The van der Waals surface area contributed by atoms with Crippen LogP contribution in [0.2, 0.25) is 5.02 Å². The molecule has 0 aliphatic heterocycles. The highest BCUT2D eigenvalue weighted by molar-refractivity contribution is 6.30. The molecular weight excluding hydrogens is 283 g/mol. The lowest BCUT2D eigenvalue weighted by Crippen LogP contribution is -2.30. The Hall–Kier alpha value is -2.11. The highest BCUT2D eigenvalue weighted by Gasteiger charge is 2.12. The summed E-state index contributed by atoms with van der Waals surface area (Å²) in [5.74, 6) is 4.07. The maximum Gasteiger partial charge on any atom is 0.265 e. The van der Waals surface area contributed by atoms with Crippen molar-refractivity contribution in [3.63, 3.8) is 0 Å². The molecule has 0 saturated carbocycles. The summed E-state index contributed by atoms with van der Waals surface area (Å²) in [6.45, 7) is 0.0286. The van der Waals surface area contributed by atoms with Crippen LogP contribution in [0.3, 0.4) is 0 Å². The van der Waals surface area contributed by atoms with Crippen LogP contribution >= 0.6 is 11.6 Å². The van der Waals surface area contributed by atoms with Crippen molar-refractivity contribution >= 4 is 17.5 Å². The van der Waals surface area contributed by atoms with Gasteiger partial charge >= 0.3 is 0 Å². The Morgan fingerprint density at radius 1 is 1.25 bits per heavy atom. The summed E-state index contributed by atoms with van der Waals surface area (Å²) in [5.41, 5.74) is 3.02. The van der Waals surface area contributed by atoms with Crippen molar-refractivity contribution in [1.82, 2.24) is 5.43 Å². The zero-order valence-corrected chi connectivity index (χ0v) is 11.2. The quantitative estimate of drug-likeness (QED) is 0.518. The van der Waals surface area contributed by atoms with E-state index < -0.39 is 11.7 Å². The zero-order chi connectivity index (χ0) is 14.5. The number of nitrogens with two attached hydrogens (primary N) is 1. The fraction of sp³-hybridized carbons (Fsp3) is 0.0714. The molecule has 0 aliphatic carbocycles. The summed E-state index contributed by atoms with van der Waals surface area (Å²) in [5, 5.41) is -0.0181. The molecule has 0 aromatic heterocycles. The summed E-state index contributed by atoms with van der Waals surface area (Å²) < 4.78 is 19.0. The van der Waals surface area contributed by atoms with Crippen molar-refractivity contribution < 1.29 is 13.9 Å². The van der Waals surface area contributed by atoms with Crippen LogP contribution < -0.4 is 16.0 Å². The molecule has 6 heteroatoms. The second kappa shape index (κ2) is 6.36. The van der Waals surface area contributed by atoms with Gasteiger partial charge in [0, 0.05) is 11.1 Å². The number of nitrogens with one attached hydrogen (secondary N) is 1. The number of carbonyl (C=O) groups is 1. The van der Waals surface area contributed by atoms with Gasteiger partial charge in [0.05, 0.1) is 5.02 Å². The second-order valence-corrected chi connectivity index (χ2v) is 4.38. The van der Waals surface area contributed by atoms with E-state index in [2.05, 4.69) is 5.43 Å². The van der Waals surface area contributed by atoms with E-state index in [1.807, 2.05) is 0 Å². The minimum Gasteiger partial charge on any atom is -0.486 e. The van der Waals surface area contributed by atoms with E-state index >= 15 is 0 Å². The van der Waals surface area contributed by atoms with Crippen molar-refractivity contribution in [3.8, 4) is 5.75 Å². The van der Waals surface area contributed by atoms with Gasteiger partial charge in [0.2, 0.25) is 0 Å². The number of hydrogen-bond acceptors (Lipinski definition) is 3. The molecule has 20 heavy (non-hydrogen) atoms. The summed E-state index contributed by atoms with van der Waals surface area (Å²) >= 11 is 5.66. The Morgan fingerprint density at radius 2 is 2.00 bits per heavy atom. The van der Waals surface area contributed by atoms with Crippen molar-refractivity contribution in [2.24, 2.45) is 5.84 Å². The standard InChI is InChI=1S/C14H12ClFN2O2/c15-11-6-3-7-12(13(11)16)20-8-9-4-1-2-5-10(9)14(19)18-17/h1-7H,8,17H2,(H,18,19). The summed E-state index contributed by atoms with van der Waals surface area (Å²) in [7, 11) is 0. The third-order valence-electron chi connectivity index (χ3n) is 2.69. The lowest BCUT2D eigenvalue weighted by atomic mass is 10.1. The first-order valence-electron chi connectivity index (χ1n) is 5.79. The number of nitrogen functional groups attached to an aromatic ring is 1. The number of ether oxygens (including phenoxy) is 1. The lowest BCUT2D eigenvalue weighted by Gasteiger charge is -2.11. The first-order chi connectivity index (χ1) is 9.63. The van der Waals surface area contributed by atoms with E-state index in [0.29, 0.717) is 11.1 Å². The van der Waals surface area contributed by atoms with Crippen LogP contribution in [0.15, 0.2) is 42.5 Å². The van der Waals surface area contributed by atoms with E-state index in [0.717, 1.165) is 0 Å². The van der Waals surface area contributed by atoms with Gasteiger partial charge in [0.25, 0.3) is 5.91 Å². The summed E-state index contributed by atoms with van der Waals surface area (Å²) in [6, 6.07) is 11.2. The number of carbonyl (C=O) groups excluding carboxylic acids is 1. The van der Waals surface area contributed by atoms with Crippen LogP contribution in [0.5, 0.6) is 5.75 Å². The number of hydrogen-bond donors (Lipinski definition) is 2. The minimum absolute atomic E-state index is 0.0181. The Bertz CT molecular complexity index is 634. The number of benzene rings is 2. The largest absolute Gasteiger partial charge is 0.486 e. The van der Waals surface area contributed by atoms with Gasteiger partial charge in [0.1, 0.15) is 6.61 Å². The van der Waals surface area contributed by atoms with Gasteiger partial charge in [-0.05, 0) is 18.2 Å². The van der Waals surface area contributed by atoms with Crippen LogP contribution in [0.1, 0.15) is 15.9 Å². The van der Waals surface area contributed by atoms with Gasteiger partial charge in [-0.1, -0.05) is 35.9 Å². The molecule has 0 atom stereocenters. The first kappa shape index (κ1) is 14.3. The Labute approximate surface area is 120 Å². The van der Waals surface area contributed by atoms with Crippen LogP contribution in [0.4, 0.5) is 4.39 Å². The predicted molar refractivity (Wildman–Crippen MR) is 73.8 cm³/mol. The monoisotopic (exact) mass is 294 g/mol. The lowest BCUT2D eigenvalue weighted by molar-refractivity contribution is 0.0951. The molecule has 0 bridgehead atoms. The molecular formula is C14H12ClFN2O2. The van der Waals surface area contributed by atoms with Gasteiger partial charge in [-0.15, -0.1) is 0 Å². The molecule has 2 aromatic rings. The molecule has 2 aromatic carbocycles. The molecule has 0 aliphatic rings. The first-order valence-corrected chi connectivity index (χ1v) is 6.17. The summed E-state index contributed by atoms with van der Waals surface area (Å²) in [4.78, 5) is 11.6. The van der Waals surface area contributed by atoms with Gasteiger partial charge in [-0.2, -0.15) is 0 Å². The number of rotatable bonds is 4. The van der Waals surface area contributed by atoms with E-state index in [9.17, 15) is 9.18 Å². The molecule has 0 heterocycles. The van der Waals surface area contributed by atoms with Gasteiger partial charge in [-0.3, -0.25) is 10.2 Å². The highest BCUT2D eigenvalue weighted by Crippen LogP contribution is 2.25. The number of halogens is 2. The van der Waals surface area contributed by atoms with Crippen LogP contribution in [-0.4, -0.2) is 5.91 Å². The van der Waals surface area contributed by atoms with E-state index in [1.54, 1.807) is 30.3 Å². The van der Waals surface area contributed by atoms with Crippen molar-refractivity contribution in [2.75, 3.05) is 0 Å². The molecule has 0 radical (unpaired) electrons. The van der Waals surface area contributed by atoms with E-state index in [1.165, 1.54) is 12.1 Å². The minimum atomic E-state index is -0.630. The average molecular weight is 295 g/mol. The fourth-order valence-electron chi connectivity index (χ4n) is 1.70. The molecule has 0 fully saturated rings. The van der Waals surface area contributed by atoms with Crippen molar-refractivity contribution in [1.29, 1.82) is 0 Å². The molecule has 1 amide bonds. The van der Waals surface area contributed by atoms with Crippen molar-refractivity contribution in [2.45, 2.75) is 6.61 Å². The highest BCUT2D eigenvalue weighted by atomic mass is 35.5.